The van der Waals surface area contributed by atoms with E-state index in [1.54, 1.807) is 12.1 Å². The van der Waals surface area contributed by atoms with Gasteiger partial charge in [-0.2, -0.15) is 0 Å². The third kappa shape index (κ3) is 5.72. The Morgan fingerprint density at radius 3 is 2.67 bits per heavy atom. The number of likely N-dealkylation sites (tertiary alicyclic amines) is 1. The Hall–Kier alpha value is -2.15. The van der Waals surface area contributed by atoms with Gasteiger partial charge < -0.3 is 15.2 Å². The summed E-state index contributed by atoms with van der Waals surface area (Å²) < 4.78 is 19.7. The molecule has 0 saturated carbocycles. The number of amides is 1. The minimum Gasteiger partial charge on any atom is -0.491 e. The number of hydrogen-bond donors (Lipinski definition) is 2. The fourth-order valence-corrected chi connectivity index (χ4v) is 3.90. The van der Waals surface area contributed by atoms with E-state index in [2.05, 4.69) is 5.32 Å². The lowest BCUT2D eigenvalue weighted by molar-refractivity contribution is -0.119. The maximum atomic E-state index is 13.9. The first-order valence-corrected chi connectivity index (χ1v) is 10.4. The minimum absolute atomic E-state index is 0.0782. The van der Waals surface area contributed by atoms with Crippen LogP contribution < -0.4 is 10.1 Å². The van der Waals surface area contributed by atoms with Gasteiger partial charge >= 0.3 is 0 Å². The molecule has 1 heterocycles. The van der Waals surface area contributed by atoms with Crippen molar-refractivity contribution in [3.8, 4) is 5.75 Å². The number of halogens is 2. The number of nitrogens with one attached hydrogen (secondary N) is 1. The molecule has 0 spiro atoms. The van der Waals surface area contributed by atoms with Crippen molar-refractivity contribution in [2.75, 3.05) is 31.6 Å². The van der Waals surface area contributed by atoms with Gasteiger partial charge in [0.15, 0.2) is 0 Å². The second-order valence-corrected chi connectivity index (χ2v) is 8.61. The van der Waals surface area contributed by atoms with Crippen LogP contribution in [-0.2, 0) is 4.79 Å². The van der Waals surface area contributed by atoms with Gasteiger partial charge in [0.25, 0.3) is 0 Å². The Bertz CT molecular complexity index is 914. The smallest absolute Gasteiger partial charge is 0.238 e. The molecule has 7 heteroatoms. The molecule has 2 N–H and O–H groups in total. The highest BCUT2D eigenvalue weighted by molar-refractivity contribution is 6.32. The van der Waals surface area contributed by atoms with E-state index in [1.165, 1.54) is 6.07 Å². The van der Waals surface area contributed by atoms with Crippen LogP contribution in [-0.4, -0.2) is 47.8 Å². The van der Waals surface area contributed by atoms with E-state index in [0.29, 0.717) is 30.3 Å². The Morgan fingerprint density at radius 2 is 1.97 bits per heavy atom. The zero-order chi connectivity index (χ0) is 21.9. The molecule has 3 rings (SSSR count). The average Bonchev–Trinajstić information content (AvgIpc) is 2.67. The highest BCUT2D eigenvalue weighted by Gasteiger charge is 2.35. The summed E-state index contributed by atoms with van der Waals surface area (Å²) in [4.78, 5) is 14.3. The Balaban J connectivity index is 1.57. The molecule has 1 unspecified atom stereocenters. The molecule has 1 aliphatic heterocycles. The topological polar surface area (TPSA) is 61.8 Å². The van der Waals surface area contributed by atoms with Crippen molar-refractivity contribution in [1.29, 1.82) is 0 Å². The van der Waals surface area contributed by atoms with Crippen LogP contribution in [0.15, 0.2) is 30.3 Å². The molecule has 1 fully saturated rings. The molecule has 0 radical (unpaired) electrons. The van der Waals surface area contributed by atoms with E-state index in [9.17, 15) is 14.3 Å². The molecule has 1 saturated heterocycles. The van der Waals surface area contributed by atoms with Gasteiger partial charge in [-0.05, 0) is 81.1 Å². The lowest BCUT2D eigenvalue weighted by Gasteiger charge is -2.38. The molecule has 30 heavy (non-hydrogen) atoms. The Labute approximate surface area is 181 Å². The molecule has 1 amide bonds. The van der Waals surface area contributed by atoms with Gasteiger partial charge in [-0.15, -0.1) is 0 Å². The van der Waals surface area contributed by atoms with Crippen molar-refractivity contribution in [1.82, 2.24) is 4.90 Å². The van der Waals surface area contributed by atoms with Crippen LogP contribution in [0.2, 0.25) is 5.02 Å². The van der Waals surface area contributed by atoms with Crippen LogP contribution in [0.1, 0.15) is 29.5 Å². The van der Waals surface area contributed by atoms with E-state index in [-0.39, 0.29) is 24.7 Å². The molecule has 1 atom stereocenters. The summed E-state index contributed by atoms with van der Waals surface area (Å²) in [7, 11) is 0. The third-order valence-electron chi connectivity index (χ3n) is 5.32. The van der Waals surface area contributed by atoms with Crippen LogP contribution in [0.25, 0.3) is 0 Å². The molecule has 0 bridgehead atoms. The summed E-state index contributed by atoms with van der Waals surface area (Å²) in [6.45, 7) is 6.85. The fraction of sp³-hybridized carbons (Fsp3) is 0.435. The number of rotatable bonds is 6. The second-order valence-electron chi connectivity index (χ2n) is 8.23. The van der Waals surface area contributed by atoms with Crippen molar-refractivity contribution >= 4 is 23.2 Å². The maximum Gasteiger partial charge on any atom is 0.238 e. The zero-order valence-corrected chi connectivity index (χ0v) is 18.4. The minimum atomic E-state index is -1.06. The van der Waals surface area contributed by atoms with Crippen LogP contribution in [0.4, 0.5) is 10.1 Å². The van der Waals surface area contributed by atoms with Crippen molar-refractivity contribution in [3.05, 3.63) is 57.9 Å². The van der Waals surface area contributed by atoms with Crippen molar-refractivity contribution in [2.24, 2.45) is 0 Å². The van der Waals surface area contributed by atoms with Gasteiger partial charge in [0.1, 0.15) is 23.8 Å². The molecule has 1 aliphatic rings. The van der Waals surface area contributed by atoms with Crippen molar-refractivity contribution in [3.63, 3.8) is 0 Å². The number of ether oxygens (including phenoxy) is 1. The number of aliphatic hydroxyl groups is 1. The SMILES string of the molecule is Cc1ccc(F)c(NC(=O)CN2CCCC(O)(COc3cc(C)c(Cl)c(C)c3)C2)c1. The standard InChI is InChI=1S/C23H28ClFN2O3/c1-15-5-6-19(25)20(9-15)26-21(28)12-27-8-4-7-23(29,13-27)14-30-18-10-16(2)22(24)17(3)11-18/h5-6,9-11,29H,4,7-8,12-14H2,1-3H3,(H,26,28). The predicted octanol–water partition coefficient (Wildman–Crippen LogP) is 4.25. The lowest BCUT2D eigenvalue weighted by atomic mass is 9.93. The van der Waals surface area contributed by atoms with E-state index < -0.39 is 11.4 Å². The zero-order valence-electron chi connectivity index (χ0n) is 17.6. The summed E-state index contributed by atoms with van der Waals surface area (Å²) in [5.41, 5.74) is 1.81. The predicted molar refractivity (Wildman–Crippen MR) is 117 cm³/mol. The summed E-state index contributed by atoms with van der Waals surface area (Å²) in [5, 5.41) is 14.3. The summed E-state index contributed by atoms with van der Waals surface area (Å²) in [5.74, 6) is -0.118. The first-order chi connectivity index (χ1) is 14.1. The van der Waals surface area contributed by atoms with Crippen molar-refractivity contribution < 1.29 is 19.0 Å². The number of β-amino-alcohol motifs (C(OH)–C–C–N with tert-alkyl or cyclic N) is 1. The first kappa shape index (κ1) is 22.5. The molecule has 2 aromatic carbocycles. The van der Waals surface area contributed by atoms with Crippen molar-refractivity contribution in [2.45, 2.75) is 39.2 Å². The van der Waals surface area contributed by atoms with Crippen LogP contribution >= 0.6 is 11.6 Å². The van der Waals surface area contributed by atoms with Crippen LogP contribution in [0, 0.1) is 26.6 Å². The molecule has 0 aliphatic carbocycles. The number of carbonyl (C=O) groups is 1. The molecule has 0 aromatic heterocycles. The fourth-order valence-electron chi connectivity index (χ4n) is 3.79. The van der Waals surface area contributed by atoms with E-state index in [0.717, 1.165) is 23.1 Å². The van der Waals surface area contributed by atoms with Gasteiger partial charge in [0.05, 0.1) is 12.2 Å². The summed E-state index contributed by atoms with van der Waals surface area (Å²) >= 11 is 6.20. The molecular formula is C23H28ClFN2O3. The van der Waals surface area contributed by atoms with Gasteiger partial charge in [-0.1, -0.05) is 17.7 Å². The summed E-state index contributed by atoms with van der Waals surface area (Å²) in [6, 6.07) is 8.29. The van der Waals surface area contributed by atoms with Crippen LogP contribution in [0.3, 0.4) is 0 Å². The Morgan fingerprint density at radius 1 is 1.27 bits per heavy atom. The van der Waals surface area contributed by atoms with E-state index in [4.69, 9.17) is 16.3 Å². The number of nitrogens with zero attached hydrogens (tertiary/aromatic N) is 1. The highest BCUT2D eigenvalue weighted by atomic mass is 35.5. The molecular weight excluding hydrogens is 407 g/mol. The normalized spacial score (nSPS) is 19.5. The Kier molecular flexibility index (Phi) is 7.01. The third-order valence-corrected chi connectivity index (χ3v) is 5.91. The van der Waals surface area contributed by atoms with Gasteiger partial charge in [0, 0.05) is 11.6 Å². The van der Waals surface area contributed by atoms with E-state index >= 15 is 0 Å². The second kappa shape index (κ2) is 9.33. The van der Waals surface area contributed by atoms with E-state index in [1.807, 2.05) is 37.8 Å². The van der Waals surface area contributed by atoms with Gasteiger partial charge in [-0.3, -0.25) is 9.69 Å². The highest BCUT2D eigenvalue weighted by Crippen LogP contribution is 2.28. The van der Waals surface area contributed by atoms with Gasteiger partial charge in [0.2, 0.25) is 5.91 Å². The average molecular weight is 435 g/mol. The molecule has 162 valence electrons. The largest absolute Gasteiger partial charge is 0.491 e. The lowest BCUT2D eigenvalue weighted by Crippen LogP contribution is -2.53. The van der Waals surface area contributed by atoms with Crippen LogP contribution in [0.5, 0.6) is 5.75 Å². The quantitative estimate of drug-likeness (QED) is 0.713. The molecule has 5 nitrogen and oxygen atoms in total. The molecule has 2 aromatic rings. The first-order valence-electron chi connectivity index (χ1n) is 10.1. The van der Waals surface area contributed by atoms with Gasteiger partial charge in [-0.25, -0.2) is 4.39 Å². The number of anilines is 1. The summed E-state index contributed by atoms with van der Waals surface area (Å²) in [6.07, 6.45) is 1.33. The number of benzene rings is 2. The number of aryl methyl sites for hydroxylation is 3. The number of piperidine rings is 1. The monoisotopic (exact) mass is 434 g/mol. The number of hydrogen-bond acceptors (Lipinski definition) is 4. The maximum absolute atomic E-state index is 13.9. The number of carbonyl (C=O) groups excluding carboxylic acids is 1.